The van der Waals surface area contributed by atoms with E-state index in [-0.39, 0.29) is 5.97 Å². The first-order valence-corrected chi connectivity index (χ1v) is 31.3. The fourth-order valence-electron chi connectivity index (χ4n) is 10.9. The normalized spacial score (nSPS) is 12.0. The van der Waals surface area contributed by atoms with Gasteiger partial charge in [-0.15, -0.1) is 0 Å². The van der Waals surface area contributed by atoms with Gasteiger partial charge in [-0.3, -0.25) is 4.79 Å². The van der Waals surface area contributed by atoms with Gasteiger partial charge in [0.15, 0.2) is 0 Å². The Bertz CT molecular complexity index is 1530. The van der Waals surface area contributed by atoms with Crippen molar-refractivity contribution in [2.45, 2.75) is 315 Å². The summed E-state index contributed by atoms with van der Waals surface area (Å²) in [5, 5.41) is 0. The molecule has 0 amide bonds. The summed E-state index contributed by atoms with van der Waals surface area (Å²) in [6.07, 6.45) is 42.3. The van der Waals surface area contributed by atoms with Gasteiger partial charge in [0.05, 0.1) is 0 Å². The molecule has 0 radical (unpaired) electrons. The number of hydrogen-bond acceptors (Lipinski definition) is 2. The second-order valence-corrected chi connectivity index (χ2v) is 23.5. The molecule has 0 bridgehead atoms. The van der Waals surface area contributed by atoms with Crippen LogP contribution in [0.15, 0.2) is 51.1 Å². The van der Waals surface area contributed by atoms with Crippen LogP contribution in [0.25, 0.3) is 0 Å². The van der Waals surface area contributed by atoms with Crippen molar-refractivity contribution in [3.63, 3.8) is 0 Å². The largest absolute Gasteiger partial charge is 0.402 e. The molecule has 3 aromatic carbocycles. The zero-order valence-corrected chi connectivity index (χ0v) is 47.5. The van der Waals surface area contributed by atoms with Gasteiger partial charge in [-0.1, -0.05) is 214 Å². The Balaban J connectivity index is 2.92. The van der Waals surface area contributed by atoms with Crippen LogP contribution in [0.1, 0.15) is 293 Å². The van der Waals surface area contributed by atoms with Crippen molar-refractivity contribution in [2.24, 2.45) is 0 Å². The average Bonchev–Trinajstić information content (AvgIpc) is 3.32. The van der Waals surface area contributed by atoms with Crippen molar-refractivity contribution in [1.82, 2.24) is 0 Å². The van der Waals surface area contributed by atoms with E-state index in [0.29, 0.717) is 0 Å². The molecule has 0 aliphatic heterocycles. The molecule has 0 unspecified atom stereocenters. The van der Waals surface area contributed by atoms with Crippen molar-refractivity contribution < 1.29 is 8.98 Å². The lowest BCUT2D eigenvalue weighted by Crippen LogP contribution is -2.22. The fourth-order valence-corrected chi connectivity index (χ4v) is 15.3. The first-order valence-electron chi connectivity index (χ1n) is 29.7. The summed E-state index contributed by atoms with van der Waals surface area (Å²) in [5.74, 6) is -0.108. The van der Waals surface area contributed by atoms with Crippen molar-refractivity contribution in [2.75, 3.05) is 0 Å². The molecule has 0 fully saturated rings. The van der Waals surface area contributed by atoms with Crippen LogP contribution >= 0.6 is 10.3 Å². The van der Waals surface area contributed by atoms with Gasteiger partial charge in [-0.05, 0) is 176 Å². The van der Waals surface area contributed by atoms with Gasteiger partial charge in [0.2, 0.25) is 0 Å². The van der Waals surface area contributed by atoms with Crippen LogP contribution in [-0.2, 0) is 66.8 Å². The number of carbonyl (C=O) groups is 1. The highest BCUT2D eigenvalue weighted by molar-refractivity contribution is 8.30. The minimum Gasteiger partial charge on any atom is -0.402 e. The van der Waals surface area contributed by atoms with E-state index in [9.17, 15) is 4.79 Å². The molecular formula is C65H108O2S. The second-order valence-electron chi connectivity index (χ2n) is 21.0. The van der Waals surface area contributed by atoms with Crippen LogP contribution in [0.3, 0.4) is 0 Å². The lowest BCUT2D eigenvalue weighted by atomic mass is 9.94. The predicted octanol–water partition coefficient (Wildman–Crippen LogP) is 21.0. The molecule has 0 saturated carbocycles. The van der Waals surface area contributed by atoms with E-state index in [2.05, 4.69) is 98.7 Å². The summed E-state index contributed by atoms with van der Waals surface area (Å²) in [6, 6.07) is 16.0. The maximum atomic E-state index is 14.9. The number of aryl methyl sites for hydroxylation is 9. The Morgan fingerprint density at radius 2 is 0.485 bits per heavy atom. The second kappa shape index (κ2) is 35.6. The average molecular weight is 954 g/mol. The van der Waals surface area contributed by atoms with Gasteiger partial charge >= 0.3 is 5.97 Å². The van der Waals surface area contributed by atoms with Crippen LogP contribution in [0.5, 0.6) is 0 Å². The molecule has 68 heavy (non-hydrogen) atoms. The predicted molar refractivity (Wildman–Crippen MR) is 303 cm³/mol. The summed E-state index contributed by atoms with van der Waals surface area (Å²) >= 11 is 0. The van der Waals surface area contributed by atoms with Crippen LogP contribution in [-0.4, -0.2) is 5.97 Å². The Labute approximate surface area is 424 Å². The summed E-state index contributed by atoms with van der Waals surface area (Å²) in [5.41, 5.74) is 13.5. The third-order valence-electron chi connectivity index (χ3n) is 14.5. The summed E-state index contributed by atoms with van der Waals surface area (Å²) in [7, 11) is -2.61. The standard InChI is InChI=1S/C65H108O2S/c1-11-20-29-38-54-47-57(41-32-23-14-4)63(58(48-54)42-33-24-15-5)68(67-53(10)66,64-59(43-34-25-16-6)49-55(39-30-21-12-2)50-60(64)44-35-26-17-7)65-61(45-36-27-18-8)51-56(40-31-22-13-3)52-62(65)46-37-28-19-9/h47-52H,11-46H2,1-10H3. The Morgan fingerprint density at radius 3 is 0.647 bits per heavy atom. The number of benzene rings is 3. The summed E-state index contributed by atoms with van der Waals surface area (Å²) in [6.45, 7) is 22.9. The van der Waals surface area contributed by atoms with E-state index in [1.165, 1.54) is 200 Å². The molecule has 3 aromatic rings. The molecule has 0 aliphatic carbocycles. The highest BCUT2D eigenvalue weighted by Crippen LogP contribution is 2.74. The first-order chi connectivity index (χ1) is 33.2. The van der Waals surface area contributed by atoms with Crippen LogP contribution in [0, 0.1) is 0 Å². The highest BCUT2D eigenvalue weighted by atomic mass is 32.3. The molecule has 0 atom stereocenters. The summed E-state index contributed by atoms with van der Waals surface area (Å²) < 4.78 is 7.94. The lowest BCUT2D eigenvalue weighted by molar-refractivity contribution is -0.131. The van der Waals surface area contributed by atoms with Gasteiger partial charge in [-0.2, -0.15) is 0 Å². The maximum absolute atomic E-state index is 14.9. The third-order valence-corrected chi connectivity index (χ3v) is 18.3. The Kier molecular flexibility index (Phi) is 31.3. The molecule has 0 heterocycles. The molecule has 3 rings (SSSR count). The van der Waals surface area contributed by atoms with Crippen molar-refractivity contribution >= 4 is 16.3 Å². The Morgan fingerprint density at radius 1 is 0.309 bits per heavy atom. The topological polar surface area (TPSA) is 26.3 Å². The van der Waals surface area contributed by atoms with E-state index < -0.39 is 10.3 Å². The zero-order chi connectivity index (χ0) is 49.4. The monoisotopic (exact) mass is 953 g/mol. The minimum absolute atomic E-state index is 0.108. The SMILES string of the molecule is CCCCCc1cc(CCCCC)c(S(OC(C)=O)(c2c(CCCCC)cc(CCCCC)cc2CCCCC)c2c(CCCCC)cc(CCCCC)cc2CCCCC)c(CCCCC)c1. The Hall–Kier alpha value is -2.52. The maximum Gasteiger partial charge on any atom is 0.313 e. The van der Waals surface area contributed by atoms with Gasteiger partial charge in [0.25, 0.3) is 0 Å². The van der Waals surface area contributed by atoms with Gasteiger partial charge in [0.1, 0.15) is 0 Å². The van der Waals surface area contributed by atoms with E-state index >= 15 is 0 Å². The first kappa shape index (κ1) is 59.8. The van der Waals surface area contributed by atoms with E-state index in [4.69, 9.17) is 4.18 Å². The molecule has 2 nitrogen and oxygen atoms in total. The van der Waals surface area contributed by atoms with Gasteiger partial charge < -0.3 is 4.18 Å². The number of hydrogen-bond donors (Lipinski definition) is 0. The third kappa shape index (κ3) is 19.2. The minimum atomic E-state index is -2.61. The zero-order valence-electron chi connectivity index (χ0n) is 46.6. The van der Waals surface area contributed by atoms with Crippen LogP contribution in [0.2, 0.25) is 0 Å². The number of carbonyl (C=O) groups excluding carboxylic acids is 1. The van der Waals surface area contributed by atoms with Crippen molar-refractivity contribution in [3.05, 3.63) is 86.5 Å². The smallest absolute Gasteiger partial charge is 0.313 e. The fraction of sp³-hybridized carbons (Fsp3) is 0.708. The highest BCUT2D eigenvalue weighted by Gasteiger charge is 2.44. The molecule has 0 N–H and O–H groups in total. The van der Waals surface area contributed by atoms with E-state index in [1.807, 2.05) is 0 Å². The van der Waals surface area contributed by atoms with Crippen molar-refractivity contribution in [1.29, 1.82) is 0 Å². The van der Waals surface area contributed by atoms with Crippen LogP contribution < -0.4 is 0 Å². The van der Waals surface area contributed by atoms with Gasteiger partial charge in [0, 0.05) is 21.6 Å². The molecule has 386 valence electrons. The van der Waals surface area contributed by atoms with Crippen LogP contribution in [0.4, 0.5) is 0 Å². The molecular weight excluding hydrogens is 845 g/mol. The molecule has 3 heteroatoms. The van der Waals surface area contributed by atoms with E-state index in [0.717, 1.165) is 96.3 Å². The quantitative estimate of drug-likeness (QED) is 0.0531. The number of rotatable bonds is 40. The molecule has 0 aliphatic rings. The number of unbranched alkanes of at least 4 members (excludes halogenated alkanes) is 18. The molecule has 0 saturated heterocycles. The van der Waals surface area contributed by atoms with Crippen molar-refractivity contribution in [3.8, 4) is 0 Å². The van der Waals surface area contributed by atoms with Gasteiger partial charge in [-0.25, -0.2) is 0 Å². The van der Waals surface area contributed by atoms with E-state index in [1.54, 1.807) is 6.92 Å². The lowest BCUT2D eigenvalue weighted by Gasteiger charge is -2.47. The summed E-state index contributed by atoms with van der Waals surface area (Å²) in [4.78, 5) is 19.3. The molecule has 0 spiro atoms. The molecule has 0 aromatic heterocycles.